The van der Waals surface area contributed by atoms with Gasteiger partial charge >= 0.3 is 0 Å². The summed E-state index contributed by atoms with van der Waals surface area (Å²) in [5.74, 6) is 1.04. The predicted octanol–water partition coefficient (Wildman–Crippen LogP) is 4.44. The maximum atomic E-state index is 13.8. The average Bonchev–Trinajstić information content (AvgIpc) is 3.32. The minimum absolute atomic E-state index is 0.0379. The van der Waals surface area contributed by atoms with E-state index in [1.54, 1.807) is 18.7 Å². The summed E-state index contributed by atoms with van der Waals surface area (Å²) in [6.07, 6.45) is 11.2. The van der Waals surface area contributed by atoms with Gasteiger partial charge in [0.05, 0.1) is 5.39 Å². The largest absolute Gasteiger partial charge is 0.356 e. The van der Waals surface area contributed by atoms with Gasteiger partial charge in [-0.1, -0.05) is 12.1 Å². The van der Waals surface area contributed by atoms with Gasteiger partial charge in [0.25, 0.3) is 0 Å². The average molecular weight is 496 g/mol. The number of carbonyl (C=O) groups is 1. The normalized spacial score (nSPS) is 17.1. The lowest BCUT2D eigenvalue weighted by molar-refractivity contribution is -0.127. The molecule has 1 amide bonds. The first-order valence-corrected chi connectivity index (χ1v) is 13.1. The second kappa shape index (κ2) is 9.59. The molecule has 6 rings (SSSR count). The van der Waals surface area contributed by atoms with Crippen molar-refractivity contribution < 1.29 is 4.79 Å². The Morgan fingerprint density at radius 2 is 1.81 bits per heavy atom. The van der Waals surface area contributed by atoms with Crippen LogP contribution in [0.2, 0.25) is 0 Å². The van der Waals surface area contributed by atoms with Crippen LogP contribution in [0.5, 0.6) is 0 Å². The van der Waals surface area contributed by atoms with Crippen LogP contribution in [0.25, 0.3) is 22.2 Å². The van der Waals surface area contributed by atoms with Crippen molar-refractivity contribution in [3.05, 3.63) is 66.4 Å². The van der Waals surface area contributed by atoms with Gasteiger partial charge in [-0.25, -0.2) is 9.97 Å². The number of rotatable bonds is 5. The van der Waals surface area contributed by atoms with Crippen LogP contribution in [0.15, 0.2) is 55.1 Å². The smallest absolute Gasteiger partial charge is 0.245 e. The summed E-state index contributed by atoms with van der Waals surface area (Å²) in [6, 6.07) is 12.0. The Morgan fingerprint density at radius 1 is 1.03 bits per heavy atom. The Labute approximate surface area is 217 Å². The number of hydrogen-bond donors (Lipinski definition) is 2. The van der Waals surface area contributed by atoms with Crippen molar-refractivity contribution in [2.75, 3.05) is 37.4 Å². The molecule has 1 aromatic carbocycles. The number of anilines is 2. The number of aromatic amines is 1. The Morgan fingerprint density at radius 3 is 2.59 bits per heavy atom. The molecule has 1 aliphatic heterocycles. The number of nitrogens with one attached hydrogen (secondary N) is 2. The third-order valence-corrected chi connectivity index (χ3v) is 8.17. The Hall–Kier alpha value is -3.78. The van der Waals surface area contributed by atoms with E-state index in [1.165, 1.54) is 29.5 Å². The first-order valence-electron chi connectivity index (χ1n) is 13.1. The molecule has 190 valence electrons. The van der Waals surface area contributed by atoms with Gasteiger partial charge in [0.2, 0.25) is 5.91 Å². The SMILES string of the molecule is CN(C)C1(C(=O)Nc2cccc(-c3ccncc3)c2)CCN(c2ncnc3[nH]c4c(c23)CCCC4)CC1. The van der Waals surface area contributed by atoms with Crippen molar-refractivity contribution in [1.82, 2.24) is 24.8 Å². The molecule has 2 N–H and O–H groups in total. The molecule has 0 unspecified atom stereocenters. The van der Waals surface area contributed by atoms with E-state index < -0.39 is 5.54 Å². The number of amides is 1. The number of nitrogens with zero attached hydrogens (tertiary/aromatic N) is 5. The fourth-order valence-corrected chi connectivity index (χ4v) is 5.98. The van der Waals surface area contributed by atoms with Crippen molar-refractivity contribution in [2.45, 2.75) is 44.1 Å². The minimum Gasteiger partial charge on any atom is -0.356 e. The van der Waals surface area contributed by atoms with Crippen LogP contribution in [-0.4, -0.2) is 63.5 Å². The molecule has 8 heteroatoms. The molecular weight excluding hydrogens is 462 g/mol. The molecule has 4 heterocycles. The molecule has 0 radical (unpaired) electrons. The molecular formula is C29H33N7O. The third kappa shape index (κ3) is 4.25. The zero-order chi connectivity index (χ0) is 25.4. The number of likely N-dealkylation sites (N-methyl/N-ethyl adjacent to an activating group) is 1. The van der Waals surface area contributed by atoms with Crippen LogP contribution in [0.3, 0.4) is 0 Å². The van der Waals surface area contributed by atoms with Gasteiger partial charge in [-0.2, -0.15) is 0 Å². The van der Waals surface area contributed by atoms with E-state index in [4.69, 9.17) is 4.98 Å². The van der Waals surface area contributed by atoms with Gasteiger partial charge in [-0.3, -0.25) is 14.7 Å². The van der Waals surface area contributed by atoms with Crippen LogP contribution in [0, 0.1) is 0 Å². The van der Waals surface area contributed by atoms with E-state index in [2.05, 4.69) is 30.1 Å². The number of pyridine rings is 1. The van der Waals surface area contributed by atoms with Gasteiger partial charge < -0.3 is 15.2 Å². The van der Waals surface area contributed by atoms with Gasteiger partial charge in [-0.15, -0.1) is 0 Å². The summed E-state index contributed by atoms with van der Waals surface area (Å²) in [7, 11) is 4.02. The second-order valence-corrected chi connectivity index (χ2v) is 10.4. The zero-order valence-electron chi connectivity index (χ0n) is 21.5. The maximum Gasteiger partial charge on any atom is 0.245 e. The van der Waals surface area contributed by atoms with Crippen LogP contribution in [0.4, 0.5) is 11.5 Å². The summed E-state index contributed by atoms with van der Waals surface area (Å²) in [5, 5.41) is 4.39. The van der Waals surface area contributed by atoms with Crippen LogP contribution in [-0.2, 0) is 17.6 Å². The molecule has 1 saturated heterocycles. The molecule has 0 bridgehead atoms. The van der Waals surface area contributed by atoms with E-state index in [0.717, 1.165) is 54.2 Å². The highest BCUT2D eigenvalue weighted by molar-refractivity contribution is 5.99. The number of carbonyl (C=O) groups excluding carboxylic acids is 1. The first kappa shape index (κ1) is 23.6. The monoisotopic (exact) mass is 495 g/mol. The highest BCUT2D eigenvalue weighted by Crippen LogP contribution is 2.37. The molecule has 37 heavy (non-hydrogen) atoms. The van der Waals surface area contributed by atoms with Gasteiger partial charge in [0.1, 0.15) is 23.3 Å². The van der Waals surface area contributed by atoms with Crippen LogP contribution >= 0.6 is 0 Å². The fourth-order valence-electron chi connectivity index (χ4n) is 5.98. The third-order valence-electron chi connectivity index (χ3n) is 8.17. The minimum atomic E-state index is -0.590. The lowest BCUT2D eigenvalue weighted by atomic mass is 9.84. The van der Waals surface area contributed by atoms with Crippen molar-refractivity contribution in [1.29, 1.82) is 0 Å². The van der Waals surface area contributed by atoms with Crippen LogP contribution < -0.4 is 10.2 Å². The molecule has 3 aromatic heterocycles. The van der Waals surface area contributed by atoms with Crippen molar-refractivity contribution in [2.24, 2.45) is 0 Å². The van der Waals surface area contributed by atoms with E-state index in [0.29, 0.717) is 12.8 Å². The summed E-state index contributed by atoms with van der Waals surface area (Å²) in [6.45, 7) is 1.52. The number of fused-ring (bicyclic) bond motifs is 3. The Kier molecular flexibility index (Phi) is 6.12. The molecule has 4 aromatic rings. The van der Waals surface area contributed by atoms with Crippen LogP contribution in [0.1, 0.15) is 36.9 Å². The summed E-state index contributed by atoms with van der Waals surface area (Å²) < 4.78 is 0. The predicted molar refractivity (Wildman–Crippen MR) is 147 cm³/mol. The summed E-state index contributed by atoms with van der Waals surface area (Å²) >= 11 is 0. The standard InChI is InChI=1S/C29H33N7O/c1-35(2)29(28(37)33-22-7-5-6-21(18-22)20-10-14-30-15-11-20)12-16-36(17-13-29)27-25-23-8-3-4-9-24(23)34-26(25)31-19-32-27/h5-7,10-11,14-15,18-19H,3-4,8-9,12-13,16-17H2,1-2H3,(H,33,37)(H,31,32,34). The topological polar surface area (TPSA) is 90.0 Å². The van der Waals surface area contributed by atoms with Crippen molar-refractivity contribution in [3.63, 3.8) is 0 Å². The van der Waals surface area contributed by atoms with Gasteiger partial charge in [0, 0.05) is 36.9 Å². The molecule has 0 atom stereocenters. The Balaban J connectivity index is 1.23. The highest BCUT2D eigenvalue weighted by Gasteiger charge is 2.44. The zero-order valence-corrected chi connectivity index (χ0v) is 21.5. The van der Waals surface area contributed by atoms with Crippen molar-refractivity contribution in [3.8, 4) is 11.1 Å². The summed E-state index contributed by atoms with van der Waals surface area (Å²) in [5.41, 5.74) is 5.98. The number of piperidine rings is 1. The van der Waals surface area contributed by atoms with E-state index in [-0.39, 0.29) is 5.91 Å². The second-order valence-electron chi connectivity index (χ2n) is 10.4. The number of aryl methyl sites for hydroxylation is 2. The number of aromatic nitrogens is 4. The lowest BCUT2D eigenvalue weighted by Gasteiger charge is -2.45. The van der Waals surface area contributed by atoms with Gasteiger partial charge in [0.15, 0.2) is 0 Å². The van der Waals surface area contributed by atoms with E-state index in [9.17, 15) is 4.79 Å². The number of hydrogen-bond acceptors (Lipinski definition) is 6. The van der Waals surface area contributed by atoms with Crippen molar-refractivity contribution >= 4 is 28.4 Å². The quantitative estimate of drug-likeness (QED) is 0.426. The molecule has 0 spiro atoms. The van der Waals surface area contributed by atoms with E-state index in [1.807, 2.05) is 50.5 Å². The number of H-pyrrole nitrogens is 1. The first-order chi connectivity index (χ1) is 18.0. The summed E-state index contributed by atoms with van der Waals surface area (Å²) in [4.78, 5) is 35.1. The molecule has 1 fully saturated rings. The molecule has 2 aliphatic rings. The number of benzene rings is 1. The van der Waals surface area contributed by atoms with Gasteiger partial charge in [-0.05, 0) is 93.6 Å². The van der Waals surface area contributed by atoms with E-state index >= 15 is 0 Å². The molecule has 8 nitrogen and oxygen atoms in total. The molecule has 1 aliphatic carbocycles. The fraction of sp³-hybridized carbons (Fsp3) is 0.379. The lowest BCUT2D eigenvalue weighted by Crippen LogP contribution is -2.59. The highest BCUT2D eigenvalue weighted by atomic mass is 16.2. The molecule has 0 saturated carbocycles. The Bertz CT molecular complexity index is 1420. The maximum absolute atomic E-state index is 13.8.